The standard InChI is InChI=1S/C15H17FN2O7/c16-9-3-1-2-8(6-9)7-11(14(23)24)18-15(25)17-10(13(21)22)4-5-12(19)20/h1-3,6,10-11H,4-5,7H2,(H,19,20)(H,21,22)(H,23,24)(H2,17,18,25)/t10-,11-/m0/s1. The number of carbonyl (C=O) groups is 4. The van der Waals surface area contributed by atoms with Crippen LogP contribution in [0.3, 0.4) is 0 Å². The molecule has 0 radical (unpaired) electrons. The van der Waals surface area contributed by atoms with Crippen LogP contribution >= 0.6 is 0 Å². The van der Waals surface area contributed by atoms with Crippen LogP contribution in [0.4, 0.5) is 9.18 Å². The number of urea groups is 1. The fourth-order valence-corrected chi connectivity index (χ4v) is 1.98. The maximum atomic E-state index is 13.1. The molecule has 0 spiro atoms. The Kier molecular flexibility index (Phi) is 7.32. The van der Waals surface area contributed by atoms with Gasteiger partial charge in [-0.15, -0.1) is 0 Å². The van der Waals surface area contributed by atoms with E-state index in [9.17, 15) is 23.6 Å². The van der Waals surface area contributed by atoms with Gasteiger partial charge in [-0.25, -0.2) is 18.8 Å². The second kappa shape index (κ2) is 9.21. The SMILES string of the molecule is O=C(O)CC[C@H](NC(=O)N[C@@H](Cc1cccc(F)c1)C(=O)O)C(=O)O. The molecule has 25 heavy (non-hydrogen) atoms. The Bertz CT molecular complexity index is 665. The van der Waals surface area contributed by atoms with E-state index < -0.39 is 48.3 Å². The molecule has 136 valence electrons. The molecule has 0 saturated heterocycles. The van der Waals surface area contributed by atoms with Gasteiger partial charge in [-0.05, 0) is 24.1 Å². The van der Waals surface area contributed by atoms with Crippen LogP contribution in [0.2, 0.25) is 0 Å². The van der Waals surface area contributed by atoms with Gasteiger partial charge in [-0.3, -0.25) is 4.79 Å². The number of amides is 2. The zero-order chi connectivity index (χ0) is 19.0. The summed E-state index contributed by atoms with van der Waals surface area (Å²) >= 11 is 0. The second-order valence-electron chi connectivity index (χ2n) is 5.17. The van der Waals surface area contributed by atoms with E-state index in [1.165, 1.54) is 18.2 Å². The second-order valence-corrected chi connectivity index (χ2v) is 5.17. The number of halogens is 1. The van der Waals surface area contributed by atoms with Crippen molar-refractivity contribution in [3.8, 4) is 0 Å². The molecule has 0 unspecified atom stereocenters. The highest BCUT2D eigenvalue weighted by molar-refractivity contribution is 5.86. The largest absolute Gasteiger partial charge is 0.481 e. The summed E-state index contributed by atoms with van der Waals surface area (Å²) in [5.41, 5.74) is 0.327. The van der Waals surface area contributed by atoms with Gasteiger partial charge < -0.3 is 26.0 Å². The Morgan fingerprint density at radius 1 is 1.00 bits per heavy atom. The van der Waals surface area contributed by atoms with Crippen molar-refractivity contribution in [1.29, 1.82) is 0 Å². The Labute approximate surface area is 141 Å². The normalized spacial score (nSPS) is 12.7. The maximum Gasteiger partial charge on any atom is 0.326 e. The Hall–Kier alpha value is -3.17. The van der Waals surface area contributed by atoms with E-state index in [1.54, 1.807) is 0 Å². The van der Waals surface area contributed by atoms with Crippen molar-refractivity contribution in [2.45, 2.75) is 31.3 Å². The molecule has 5 N–H and O–H groups in total. The number of benzene rings is 1. The number of aliphatic carboxylic acids is 3. The molecule has 2 amide bonds. The summed E-state index contributed by atoms with van der Waals surface area (Å²) in [6, 6.07) is 1.17. The number of nitrogens with one attached hydrogen (secondary N) is 2. The molecule has 0 aliphatic carbocycles. The van der Waals surface area contributed by atoms with Crippen LogP contribution in [0.5, 0.6) is 0 Å². The number of carboxylic acid groups (broad SMARTS) is 3. The van der Waals surface area contributed by atoms with Crippen molar-refractivity contribution < 1.29 is 38.9 Å². The summed E-state index contributed by atoms with van der Waals surface area (Å²) < 4.78 is 13.1. The van der Waals surface area contributed by atoms with E-state index in [2.05, 4.69) is 5.32 Å². The number of hydrogen-bond donors (Lipinski definition) is 5. The van der Waals surface area contributed by atoms with Crippen molar-refractivity contribution in [3.63, 3.8) is 0 Å². The number of rotatable bonds is 9. The van der Waals surface area contributed by atoms with Crippen LogP contribution in [0, 0.1) is 5.82 Å². The molecule has 10 heteroatoms. The number of carbonyl (C=O) groups excluding carboxylic acids is 1. The summed E-state index contributed by atoms with van der Waals surface area (Å²) in [6.45, 7) is 0. The van der Waals surface area contributed by atoms with Gasteiger partial charge in [0.15, 0.2) is 0 Å². The van der Waals surface area contributed by atoms with Crippen LogP contribution < -0.4 is 10.6 Å². The van der Waals surface area contributed by atoms with E-state index >= 15 is 0 Å². The summed E-state index contributed by atoms with van der Waals surface area (Å²) in [4.78, 5) is 44.5. The van der Waals surface area contributed by atoms with Gasteiger partial charge in [-0.1, -0.05) is 12.1 Å². The van der Waals surface area contributed by atoms with Crippen LogP contribution in [0.25, 0.3) is 0 Å². The predicted octanol–water partition coefficient (Wildman–Crippen LogP) is 0.439. The van der Waals surface area contributed by atoms with Crippen LogP contribution in [0.1, 0.15) is 18.4 Å². The first kappa shape index (κ1) is 19.9. The van der Waals surface area contributed by atoms with Gasteiger partial charge in [0.25, 0.3) is 0 Å². The highest BCUT2D eigenvalue weighted by Crippen LogP contribution is 2.07. The zero-order valence-electron chi connectivity index (χ0n) is 12.9. The van der Waals surface area contributed by atoms with E-state index in [-0.39, 0.29) is 12.8 Å². The minimum Gasteiger partial charge on any atom is -0.481 e. The van der Waals surface area contributed by atoms with Crippen molar-refractivity contribution in [2.75, 3.05) is 0 Å². The fourth-order valence-electron chi connectivity index (χ4n) is 1.98. The minimum atomic E-state index is -1.49. The third-order valence-electron chi connectivity index (χ3n) is 3.18. The molecule has 0 fully saturated rings. The van der Waals surface area contributed by atoms with Gasteiger partial charge in [0.2, 0.25) is 0 Å². The summed E-state index contributed by atoms with van der Waals surface area (Å²) in [5, 5.41) is 30.7. The van der Waals surface area contributed by atoms with Crippen LogP contribution in [-0.2, 0) is 20.8 Å². The molecular formula is C15H17FN2O7. The monoisotopic (exact) mass is 356 g/mol. The van der Waals surface area contributed by atoms with Gasteiger partial charge in [0.1, 0.15) is 17.9 Å². The van der Waals surface area contributed by atoms with Gasteiger partial charge in [0.05, 0.1) is 0 Å². The lowest BCUT2D eigenvalue weighted by molar-refractivity contribution is -0.140. The van der Waals surface area contributed by atoms with Crippen LogP contribution in [-0.4, -0.2) is 51.3 Å². The molecular weight excluding hydrogens is 339 g/mol. The first-order valence-electron chi connectivity index (χ1n) is 7.18. The topological polar surface area (TPSA) is 153 Å². The van der Waals surface area contributed by atoms with Crippen molar-refractivity contribution in [2.24, 2.45) is 0 Å². The molecule has 0 aliphatic rings. The molecule has 2 atom stereocenters. The highest BCUT2D eigenvalue weighted by Gasteiger charge is 2.25. The third-order valence-corrected chi connectivity index (χ3v) is 3.18. The van der Waals surface area contributed by atoms with Crippen molar-refractivity contribution in [3.05, 3.63) is 35.6 Å². The van der Waals surface area contributed by atoms with Crippen molar-refractivity contribution >= 4 is 23.9 Å². The first-order valence-corrected chi connectivity index (χ1v) is 7.18. The molecule has 1 aromatic rings. The van der Waals surface area contributed by atoms with Gasteiger partial charge >= 0.3 is 23.9 Å². The zero-order valence-corrected chi connectivity index (χ0v) is 12.9. The molecule has 0 aromatic heterocycles. The quantitative estimate of drug-likeness (QED) is 0.430. The minimum absolute atomic E-state index is 0.215. The maximum absolute atomic E-state index is 13.1. The average Bonchev–Trinajstić information content (AvgIpc) is 2.50. The van der Waals surface area contributed by atoms with Gasteiger partial charge in [-0.2, -0.15) is 0 Å². The third kappa shape index (κ3) is 7.29. The lowest BCUT2D eigenvalue weighted by Crippen LogP contribution is -2.51. The molecule has 0 bridgehead atoms. The van der Waals surface area contributed by atoms with E-state index in [0.29, 0.717) is 5.56 Å². The molecule has 9 nitrogen and oxygen atoms in total. The smallest absolute Gasteiger partial charge is 0.326 e. The average molecular weight is 356 g/mol. The molecule has 1 aromatic carbocycles. The van der Waals surface area contributed by atoms with E-state index in [4.69, 9.17) is 15.3 Å². The van der Waals surface area contributed by atoms with Crippen molar-refractivity contribution in [1.82, 2.24) is 10.6 Å². The van der Waals surface area contributed by atoms with E-state index in [0.717, 1.165) is 6.07 Å². The Morgan fingerprint density at radius 2 is 1.60 bits per heavy atom. The molecule has 1 rings (SSSR count). The first-order chi connectivity index (χ1) is 11.7. The number of hydrogen-bond acceptors (Lipinski definition) is 4. The molecule has 0 aliphatic heterocycles. The lowest BCUT2D eigenvalue weighted by atomic mass is 10.1. The Balaban J connectivity index is 2.70. The van der Waals surface area contributed by atoms with E-state index in [1.807, 2.05) is 5.32 Å². The highest BCUT2D eigenvalue weighted by atomic mass is 19.1. The Morgan fingerprint density at radius 3 is 2.12 bits per heavy atom. The summed E-state index contributed by atoms with van der Waals surface area (Å²) in [7, 11) is 0. The molecule has 0 heterocycles. The van der Waals surface area contributed by atoms with Crippen LogP contribution in [0.15, 0.2) is 24.3 Å². The fraction of sp³-hybridized carbons (Fsp3) is 0.333. The predicted molar refractivity (Wildman–Crippen MR) is 81.5 cm³/mol. The molecule has 0 saturated carbocycles. The summed E-state index contributed by atoms with van der Waals surface area (Å²) in [6.07, 6.45) is -1.06. The van der Waals surface area contributed by atoms with Gasteiger partial charge in [0, 0.05) is 12.8 Å². The summed E-state index contributed by atoms with van der Waals surface area (Å²) in [5.74, 6) is -4.64. The lowest BCUT2D eigenvalue weighted by Gasteiger charge is -2.18. The number of carboxylic acids is 3.